The average Bonchev–Trinajstić information content (AvgIpc) is 2.75. The Morgan fingerprint density at radius 1 is 1.50 bits per heavy atom. The summed E-state index contributed by atoms with van der Waals surface area (Å²) in [5.74, 6) is 0. The van der Waals surface area contributed by atoms with E-state index in [0.29, 0.717) is 5.41 Å². The van der Waals surface area contributed by atoms with Crippen LogP contribution in [-0.4, -0.2) is 30.3 Å². The summed E-state index contributed by atoms with van der Waals surface area (Å²) in [6.07, 6.45) is 2.62. The standard InChI is InChI=1S/C8H14N2O2/c11-7(12)10-6-5-9-4-3-8(6)1-2-8/h6,9-10H,1-5H2,(H,11,12). The van der Waals surface area contributed by atoms with Crippen LogP contribution in [0.15, 0.2) is 0 Å². The second kappa shape index (κ2) is 2.62. The van der Waals surface area contributed by atoms with E-state index in [1.54, 1.807) is 0 Å². The normalized spacial score (nSPS) is 31.5. The van der Waals surface area contributed by atoms with Crippen molar-refractivity contribution in [2.24, 2.45) is 5.41 Å². The predicted octanol–water partition coefficient (Wildman–Crippen LogP) is 0.396. The van der Waals surface area contributed by atoms with Crippen molar-refractivity contribution in [1.82, 2.24) is 10.6 Å². The van der Waals surface area contributed by atoms with Gasteiger partial charge in [-0.05, 0) is 31.2 Å². The zero-order valence-corrected chi connectivity index (χ0v) is 6.97. The first-order valence-corrected chi connectivity index (χ1v) is 4.43. The van der Waals surface area contributed by atoms with Crippen molar-refractivity contribution in [1.29, 1.82) is 0 Å². The lowest BCUT2D eigenvalue weighted by atomic mass is 9.89. The van der Waals surface area contributed by atoms with E-state index in [9.17, 15) is 4.79 Å². The van der Waals surface area contributed by atoms with Gasteiger partial charge in [-0.1, -0.05) is 0 Å². The number of amides is 1. The van der Waals surface area contributed by atoms with Crippen LogP contribution in [0.1, 0.15) is 19.3 Å². The van der Waals surface area contributed by atoms with E-state index in [1.165, 1.54) is 12.8 Å². The summed E-state index contributed by atoms with van der Waals surface area (Å²) < 4.78 is 0. The molecule has 1 spiro atoms. The lowest BCUT2D eigenvalue weighted by Crippen LogP contribution is -2.51. The zero-order chi connectivity index (χ0) is 8.60. The highest BCUT2D eigenvalue weighted by atomic mass is 16.4. The molecule has 4 heteroatoms. The average molecular weight is 170 g/mol. The Hall–Kier alpha value is -0.770. The summed E-state index contributed by atoms with van der Waals surface area (Å²) in [7, 11) is 0. The molecule has 2 rings (SSSR count). The molecule has 1 aliphatic heterocycles. The van der Waals surface area contributed by atoms with E-state index in [1.807, 2.05) is 0 Å². The van der Waals surface area contributed by atoms with E-state index in [2.05, 4.69) is 10.6 Å². The third-order valence-corrected chi connectivity index (χ3v) is 3.08. The number of hydrogen-bond donors (Lipinski definition) is 3. The molecule has 0 aromatic rings. The summed E-state index contributed by atoms with van der Waals surface area (Å²) >= 11 is 0. The highest BCUT2D eigenvalue weighted by Gasteiger charge is 2.50. The van der Waals surface area contributed by atoms with Crippen LogP contribution >= 0.6 is 0 Å². The molecule has 4 nitrogen and oxygen atoms in total. The minimum absolute atomic E-state index is 0.142. The summed E-state index contributed by atoms with van der Waals surface area (Å²) in [4.78, 5) is 10.4. The van der Waals surface area contributed by atoms with Crippen molar-refractivity contribution >= 4 is 6.09 Å². The van der Waals surface area contributed by atoms with Crippen molar-refractivity contribution in [3.63, 3.8) is 0 Å². The molecule has 0 bridgehead atoms. The molecule has 1 aliphatic carbocycles. The molecule has 0 aromatic heterocycles. The second-order valence-electron chi connectivity index (χ2n) is 3.82. The third-order valence-electron chi connectivity index (χ3n) is 3.08. The van der Waals surface area contributed by atoms with E-state index in [-0.39, 0.29) is 6.04 Å². The maximum Gasteiger partial charge on any atom is 0.404 e. The van der Waals surface area contributed by atoms with E-state index in [0.717, 1.165) is 19.5 Å². The predicted molar refractivity (Wildman–Crippen MR) is 44.1 cm³/mol. The molecule has 3 N–H and O–H groups in total. The minimum Gasteiger partial charge on any atom is -0.465 e. The molecule has 1 heterocycles. The monoisotopic (exact) mass is 170 g/mol. The highest BCUT2D eigenvalue weighted by molar-refractivity contribution is 5.65. The van der Waals surface area contributed by atoms with Gasteiger partial charge in [-0.25, -0.2) is 4.79 Å². The second-order valence-corrected chi connectivity index (χ2v) is 3.82. The van der Waals surface area contributed by atoms with Crippen LogP contribution < -0.4 is 10.6 Å². The first-order chi connectivity index (χ1) is 5.73. The van der Waals surface area contributed by atoms with Gasteiger partial charge < -0.3 is 15.7 Å². The lowest BCUT2D eigenvalue weighted by Gasteiger charge is -2.32. The van der Waals surface area contributed by atoms with Crippen LogP contribution in [0, 0.1) is 5.41 Å². The fourth-order valence-electron chi connectivity index (χ4n) is 2.09. The Bertz CT molecular complexity index is 201. The van der Waals surface area contributed by atoms with Crippen LogP contribution in [-0.2, 0) is 0 Å². The van der Waals surface area contributed by atoms with Gasteiger partial charge in [0.05, 0.1) is 6.04 Å². The van der Waals surface area contributed by atoms with Crippen LogP contribution in [0.25, 0.3) is 0 Å². The van der Waals surface area contributed by atoms with Crippen molar-refractivity contribution in [2.45, 2.75) is 25.3 Å². The fraction of sp³-hybridized carbons (Fsp3) is 0.875. The summed E-state index contributed by atoms with van der Waals surface area (Å²) in [5.41, 5.74) is 0.323. The number of carboxylic acid groups (broad SMARTS) is 1. The SMILES string of the molecule is O=C(O)NC1CNCCC12CC2. The number of carbonyl (C=O) groups is 1. The molecule has 1 amide bonds. The topological polar surface area (TPSA) is 61.4 Å². The van der Waals surface area contributed by atoms with Crippen molar-refractivity contribution < 1.29 is 9.90 Å². The lowest BCUT2D eigenvalue weighted by molar-refractivity contribution is 0.174. The number of piperidine rings is 1. The molecular formula is C8H14N2O2. The molecule has 1 atom stereocenters. The van der Waals surface area contributed by atoms with Gasteiger partial charge >= 0.3 is 6.09 Å². The highest BCUT2D eigenvalue weighted by Crippen LogP contribution is 2.52. The van der Waals surface area contributed by atoms with Crippen LogP contribution in [0.2, 0.25) is 0 Å². The summed E-state index contributed by atoms with van der Waals surface area (Å²) in [6.45, 7) is 1.84. The van der Waals surface area contributed by atoms with Gasteiger partial charge in [-0.2, -0.15) is 0 Å². The Morgan fingerprint density at radius 2 is 2.25 bits per heavy atom. The van der Waals surface area contributed by atoms with Crippen LogP contribution in [0.3, 0.4) is 0 Å². The minimum atomic E-state index is -0.894. The maximum atomic E-state index is 10.4. The van der Waals surface area contributed by atoms with Crippen molar-refractivity contribution in [3.8, 4) is 0 Å². The van der Waals surface area contributed by atoms with Gasteiger partial charge in [-0.15, -0.1) is 0 Å². The van der Waals surface area contributed by atoms with Gasteiger partial charge in [0.2, 0.25) is 0 Å². The molecule has 0 aromatic carbocycles. The molecule has 1 saturated carbocycles. The Kier molecular flexibility index (Phi) is 1.72. The van der Waals surface area contributed by atoms with E-state index in [4.69, 9.17) is 5.11 Å². The largest absolute Gasteiger partial charge is 0.465 e. The van der Waals surface area contributed by atoms with Crippen molar-refractivity contribution in [3.05, 3.63) is 0 Å². The van der Waals surface area contributed by atoms with Crippen molar-refractivity contribution in [2.75, 3.05) is 13.1 Å². The molecule has 12 heavy (non-hydrogen) atoms. The van der Waals surface area contributed by atoms with Crippen LogP contribution in [0.4, 0.5) is 4.79 Å². The van der Waals surface area contributed by atoms with Gasteiger partial charge in [0.15, 0.2) is 0 Å². The van der Waals surface area contributed by atoms with Crippen LogP contribution in [0.5, 0.6) is 0 Å². The number of hydrogen-bond acceptors (Lipinski definition) is 2. The molecule has 0 radical (unpaired) electrons. The Morgan fingerprint density at radius 3 is 2.83 bits per heavy atom. The van der Waals surface area contributed by atoms with Gasteiger partial charge in [0.25, 0.3) is 0 Å². The van der Waals surface area contributed by atoms with Gasteiger partial charge in [0, 0.05) is 6.54 Å². The first-order valence-electron chi connectivity index (χ1n) is 4.43. The smallest absolute Gasteiger partial charge is 0.404 e. The maximum absolute atomic E-state index is 10.4. The molecule has 2 fully saturated rings. The molecule has 1 saturated heterocycles. The quantitative estimate of drug-likeness (QED) is 0.533. The van der Waals surface area contributed by atoms with Gasteiger partial charge in [-0.3, -0.25) is 0 Å². The third kappa shape index (κ3) is 1.27. The van der Waals surface area contributed by atoms with E-state index < -0.39 is 6.09 Å². The number of rotatable bonds is 1. The zero-order valence-electron chi connectivity index (χ0n) is 6.97. The summed E-state index contributed by atoms with van der Waals surface area (Å²) in [5, 5.41) is 14.4. The Balaban J connectivity index is 1.97. The van der Waals surface area contributed by atoms with Gasteiger partial charge in [0.1, 0.15) is 0 Å². The summed E-state index contributed by atoms with van der Waals surface area (Å²) in [6, 6.07) is 0.142. The first kappa shape index (κ1) is 7.86. The van der Waals surface area contributed by atoms with E-state index >= 15 is 0 Å². The molecule has 1 unspecified atom stereocenters. The molecular weight excluding hydrogens is 156 g/mol. The molecule has 68 valence electrons. The molecule has 2 aliphatic rings. The Labute approximate surface area is 71.3 Å². The fourth-order valence-corrected chi connectivity index (χ4v) is 2.09. The number of nitrogens with one attached hydrogen (secondary N) is 2.